The minimum Gasteiger partial charge on any atom is -0.378 e. The fourth-order valence-corrected chi connectivity index (χ4v) is 5.53. The van der Waals surface area contributed by atoms with Gasteiger partial charge < -0.3 is 15.0 Å². The van der Waals surface area contributed by atoms with Crippen molar-refractivity contribution < 1.29 is 9.53 Å². The molecule has 0 bridgehead atoms. The van der Waals surface area contributed by atoms with Crippen LogP contribution in [0.1, 0.15) is 30.4 Å². The third-order valence-corrected chi connectivity index (χ3v) is 7.85. The van der Waals surface area contributed by atoms with Gasteiger partial charge in [0.1, 0.15) is 0 Å². The number of morpholine rings is 1. The Labute approximate surface area is 204 Å². The molecule has 2 heterocycles. The average Bonchev–Trinajstić information content (AvgIpc) is 3.27. The molecule has 0 spiro atoms. The first-order valence-electron chi connectivity index (χ1n) is 12.0. The number of hydrogen-bond acceptors (Lipinski definition) is 6. The van der Waals surface area contributed by atoms with Gasteiger partial charge in [-0.2, -0.15) is 0 Å². The highest BCUT2D eigenvalue weighted by molar-refractivity contribution is 7.99. The van der Waals surface area contributed by atoms with E-state index in [1.165, 1.54) is 23.7 Å². The molecule has 178 valence electrons. The lowest BCUT2D eigenvalue weighted by Crippen LogP contribution is -2.46. The van der Waals surface area contributed by atoms with Gasteiger partial charge in [0.15, 0.2) is 5.16 Å². The van der Waals surface area contributed by atoms with E-state index in [4.69, 9.17) is 4.74 Å². The van der Waals surface area contributed by atoms with Crippen LogP contribution < -0.4 is 10.2 Å². The van der Waals surface area contributed by atoms with Gasteiger partial charge in [-0.25, -0.2) is 0 Å². The number of amides is 1. The summed E-state index contributed by atoms with van der Waals surface area (Å²) in [6.07, 6.45) is 3.45. The summed E-state index contributed by atoms with van der Waals surface area (Å²) in [5, 5.41) is 12.9. The predicted molar refractivity (Wildman–Crippen MR) is 135 cm³/mol. The molecule has 5 rings (SSSR count). The Bertz CT molecular complexity index is 1120. The average molecular weight is 478 g/mol. The van der Waals surface area contributed by atoms with Crippen LogP contribution in [0.15, 0.2) is 59.8 Å². The molecule has 0 radical (unpaired) electrons. The molecule has 1 saturated carbocycles. The quantitative estimate of drug-likeness (QED) is 0.499. The molecule has 3 aromatic rings. The van der Waals surface area contributed by atoms with E-state index < -0.39 is 0 Å². The third-order valence-electron chi connectivity index (χ3n) is 6.92. The molecular weight excluding hydrogens is 446 g/mol. The van der Waals surface area contributed by atoms with Crippen molar-refractivity contribution >= 4 is 23.6 Å². The van der Waals surface area contributed by atoms with Gasteiger partial charge in [-0.1, -0.05) is 66.7 Å². The zero-order chi connectivity index (χ0) is 23.4. The molecule has 7 nitrogen and oxygen atoms in total. The van der Waals surface area contributed by atoms with Crippen LogP contribution in [0.4, 0.5) is 5.95 Å². The van der Waals surface area contributed by atoms with Gasteiger partial charge in [0.25, 0.3) is 0 Å². The number of para-hydroxylation sites is 1. The lowest BCUT2D eigenvalue weighted by molar-refractivity contribution is -0.119. The maximum atomic E-state index is 12.8. The molecule has 1 aliphatic carbocycles. The molecule has 2 fully saturated rings. The summed E-state index contributed by atoms with van der Waals surface area (Å²) in [6.45, 7) is 5.66. The van der Waals surface area contributed by atoms with Gasteiger partial charge >= 0.3 is 0 Å². The van der Waals surface area contributed by atoms with Gasteiger partial charge in [0.2, 0.25) is 11.9 Å². The molecule has 2 aromatic carbocycles. The van der Waals surface area contributed by atoms with Crippen LogP contribution in [0, 0.1) is 6.92 Å². The minimum absolute atomic E-state index is 0.0273. The second-order valence-corrected chi connectivity index (χ2v) is 10.0. The standard InChI is InChI=1S/C26H31N5O2S/c1-20-8-5-6-11-22(20)31-24(30-14-16-33-17-15-30)28-29-25(31)34-18-23(32)27-19-26(12-7-13-26)21-9-3-2-4-10-21/h2-6,8-11H,7,12-19H2,1H3,(H,27,32). The van der Waals surface area contributed by atoms with Crippen molar-refractivity contribution in [1.82, 2.24) is 20.1 Å². The van der Waals surface area contributed by atoms with Crippen LogP contribution in [0.5, 0.6) is 0 Å². The summed E-state index contributed by atoms with van der Waals surface area (Å²) in [5.41, 5.74) is 3.57. The molecule has 1 saturated heterocycles. The van der Waals surface area contributed by atoms with Crippen molar-refractivity contribution in [2.45, 2.75) is 36.8 Å². The molecule has 34 heavy (non-hydrogen) atoms. The lowest BCUT2D eigenvalue weighted by atomic mass is 9.64. The molecule has 8 heteroatoms. The number of hydrogen-bond donors (Lipinski definition) is 1. The number of nitrogens with zero attached hydrogens (tertiary/aromatic N) is 4. The van der Waals surface area contributed by atoms with Crippen LogP contribution in [0.3, 0.4) is 0 Å². The number of thioether (sulfide) groups is 1. The SMILES string of the molecule is Cc1ccccc1-n1c(SCC(=O)NCC2(c3ccccc3)CCC2)nnc1N1CCOCC1. The number of rotatable bonds is 8. The van der Waals surface area contributed by atoms with Crippen molar-refractivity contribution in [3.8, 4) is 5.69 Å². The monoisotopic (exact) mass is 477 g/mol. The predicted octanol–water partition coefficient (Wildman–Crippen LogP) is 3.74. The second kappa shape index (κ2) is 10.2. The number of aromatic nitrogens is 3. The molecule has 0 atom stereocenters. The topological polar surface area (TPSA) is 72.3 Å². The van der Waals surface area contributed by atoms with Gasteiger partial charge in [-0.05, 0) is 37.0 Å². The molecule has 1 N–H and O–H groups in total. The van der Waals surface area contributed by atoms with Gasteiger partial charge in [0, 0.05) is 25.0 Å². The summed E-state index contributed by atoms with van der Waals surface area (Å²) >= 11 is 1.43. The smallest absolute Gasteiger partial charge is 0.232 e. The number of benzene rings is 2. The first-order valence-corrected chi connectivity index (χ1v) is 12.9. The molecule has 1 aromatic heterocycles. The van der Waals surface area contributed by atoms with Gasteiger partial charge in [0.05, 0.1) is 24.7 Å². The van der Waals surface area contributed by atoms with Crippen LogP contribution in [0.2, 0.25) is 0 Å². The summed E-state index contributed by atoms with van der Waals surface area (Å²) in [7, 11) is 0. The van der Waals surface area contributed by atoms with Crippen LogP contribution in [0.25, 0.3) is 5.69 Å². The third kappa shape index (κ3) is 4.70. The number of nitrogens with one attached hydrogen (secondary N) is 1. The Kier molecular flexibility index (Phi) is 6.87. The Morgan fingerprint density at radius 1 is 1.06 bits per heavy atom. The molecule has 1 aliphatic heterocycles. The Balaban J connectivity index is 1.29. The highest BCUT2D eigenvalue weighted by atomic mass is 32.2. The summed E-state index contributed by atoms with van der Waals surface area (Å²) in [4.78, 5) is 15.0. The van der Waals surface area contributed by atoms with E-state index in [0.29, 0.717) is 25.5 Å². The molecular formula is C26H31N5O2S. The first-order chi connectivity index (χ1) is 16.7. The fraction of sp³-hybridized carbons (Fsp3) is 0.423. The van der Waals surface area contributed by atoms with Crippen LogP contribution >= 0.6 is 11.8 Å². The van der Waals surface area contributed by atoms with E-state index in [2.05, 4.69) is 68.3 Å². The lowest BCUT2D eigenvalue weighted by Gasteiger charge is -2.42. The highest BCUT2D eigenvalue weighted by Gasteiger charge is 2.38. The van der Waals surface area contributed by atoms with Crippen molar-refractivity contribution in [3.05, 3.63) is 65.7 Å². The van der Waals surface area contributed by atoms with Gasteiger partial charge in [-0.3, -0.25) is 9.36 Å². The Hall–Kier alpha value is -2.84. The maximum absolute atomic E-state index is 12.8. The number of carbonyl (C=O) groups excluding carboxylic acids is 1. The summed E-state index contributed by atoms with van der Waals surface area (Å²) in [5.74, 6) is 1.13. The van der Waals surface area contributed by atoms with E-state index in [1.54, 1.807) is 0 Å². The number of aryl methyl sites for hydroxylation is 1. The molecule has 2 aliphatic rings. The van der Waals surface area contributed by atoms with E-state index in [0.717, 1.165) is 48.3 Å². The van der Waals surface area contributed by atoms with E-state index >= 15 is 0 Å². The largest absolute Gasteiger partial charge is 0.378 e. The van der Waals surface area contributed by atoms with E-state index in [1.807, 2.05) is 18.2 Å². The number of ether oxygens (including phenoxy) is 1. The Morgan fingerprint density at radius 3 is 2.50 bits per heavy atom. The van der Waals surface area contributed by atoms with Crippen LogP contribution in [-0.2, 0) is 14.9 Å². The minimum atomic E-state index is 0.0273. The number of anilines is 1. The normalized spacial score (nSPS) is 17.3. The van der Waals surface area contributed by atoms with Crippen LogP contribution in [-0.4, -0.2) is 59.3 Å². The molecule has 1 amide bonds. The van der Waals surface area contributed by atoms with Crippen molar-refractivity contribution in [3.63, 3.8) is 0 Å². The fourth-order valence-electron chi connectivity index (χ4n) is 4.76. The van der Waals surface area contributed by atoms with Crippen molar-refractivity contribution in [1.29, 1.82) is 0 Å². The highest BCUT2D eigenvalue weighted by Crippen LogP contribution is 2.43. The summed E-state index contributed by atoms with van der Waals surface area (Å²) < 4.78 is 7.60. The van der Waals surface area contributed by atoms with E-state index in [9.17, 15) is 4.79 Å². The first kappa shape index (κ1) is 22.9. The van der Waals surface area contributed by atoms with Crippen molar-refractivity contribution in [2.24, 2.45) is 0 Å². The maximum Gasteiger partial charge on any atom is 0.232 e. The second-order valence-electron chi connectivity index (χ2n) is 9.07. The van der Waals surface area contributed by atoms with Gasteiger partial charge in [-0.15, -0.1) is 10.2 Å². The number of carbonyl (C=O) groups is 1. The summed E-state index contributed by atoms with van der Waals surface area (Å²) in [6, 6.07) is 18.8. The zero-order valence-corrected chi connectivity index (χ0v) is 20.4. The Morgan fingerprint density at radius 2 is 1.79 bits per heavy atom. The van der Waals surface area contributed by atoms with E-state index in [-0.39, 0.29) is 11.3 Å². The molecule has 0 unspecified atom stereocenters. The zero-order valence-electron chi connectivity index (χ0n) is 19.6. The van der Waals surface area contributed by atoms with Crippen molar-refractivity contribution in [2.75, 3.05) is 43.5 Å².